The van der Waals surface area contributed by atoms with Crippen molar-refractivity contribution in [3.8, 4) is 11.5 Å². The van der Waals surface area contributed by atoms with E-state index in [4.69, 9.17) is 9.47 Å². The molecule has 6 heteroatoms. The van der Waals surface area contributed by atoms with E-state index in [0.717, 1.165) is 0 Å². The molecule has 0 unspecified atom stereocenters. The van der Waals surface area contributed by atoms with E-state index in [9.17, 15) is 9.59 Å². The molecule has 2 aromatic rings. The third kappa shape index (κ3) is 3.45. The van der Waals surface area contributed by atoms with Crippen LogP contribution in [-0.2, 0) is 9.59 Å². The minimum absolute atomic E-state index is 0.218. The van der Waals surface area contributed by atoms with Crippen LogP contribution in [0.25, 0.3) is 5.57 Å². The zero-order valence-electron chi connectivity index (χ0n) is 16.5. The van der Waals surface area contributed by atoms with Gasteiger partial charge in [0.1, 0.15) is 17.2 Å². The van der Waals surface area contributed by atoms with Crippen LogP contribution in [0, 0.1) is 0 Å². The van der Waals surface area contributed by atoms with Gasteiger partial charge in [0.25, 0.3) is 11.8 Å². The predicted molar refractivity (Wildman–Crippen MR) is 108 cm³/mol. The molecule has 1 aliphatic rings. The molecule has 146 valence electrons. The molecule has 0 fully saturated rings. The lowest BCUT2D eigenvalue weighted by Crippen LogP contribution is -2.38. The van der Waals surface area contributed by atoms with Crippen molar-refractivity contribution in [2.24, 2.45) is 0 Å². The number of amides is 2. The highest BCUT2D eigenvalue weighted by atomic mass is 16.5. The largest absolute Gasteiger partial charge is 0.496 e. The van der Waals surface area contributed by atoms with Gasteiger partial charge >= 0.3 is 0 Å². The summed E-state index contributed by atoms with van der Waals surface area (Å²) in [5.41, 5.74) is 1.71. The topological polar surface area (TPSA) is 67.9 Å². The number of para-hydroxylation sites is 3. The number of benzene rings is 2. The first kappa shape index (κ1) is 19.5. The standard InChI is InChI=1S/C22H24N2O4/c1-5-28-18-13-9-7-11-16(18)23-20-19(15-10-6-8-12-17(15)27-4)21(25)24(14(2)3)22(20)26/h6-14,23H,5H2,1-4H3. The second kappa shape index (κ2) is 8.17. The molecular formula is C22H24N2O4. The Morgan fingerprint density at radius 1 is 0.964 bits per heavy atom. The Balaban J connectivity index is 2.16. The monoisotopic (exact) mass is 380 g/mol. The summed E-state index contributed by atoms with van der Waals surface area (Å²) < 4.78 is 11.1. The van der Waals surface area contributed by atoms with E-state index in [0.29, 0.717) is 34.9 Å². The lowest BCUT2D eigenvalue weighted by atomic mass is 10.0. The van der Waals surface area contributed by atoms with Crippen LogP contribution < -0.4 is 14.8 Å². The highest BCUT2D eigenvalue weighted by Crippen LogP contribution is 2.37. The van der Waals surface area contributed by atoms with Crippen molar-refractivity contribution in [1.82, 2.24) is 4.90 Å². The molecule has 28 heavy (non-hydrogen) atoms. The Morgan fingerprint density at radius 2 is 1.61 bits per heavy atom. The number of nitrogens with one attached hydrogen (secondary N) is 1. The SMILES string of the molecule is CCOc1ccccc1NC1=C(c2ccccc2OC)C(=O)N(C(C)C)C1=O. The number of nitrogens with zero attached hydrogens (tertiary/aromatic N) is 1. The summed E-state index contributed by atoms with van der Waals surface area (Å²) in [4.78, 5) is 27.5. The van der Waals surface area contributed by atoms with Gasteiger partial charge in [0.2, 0.25) is 0 Å². The summed E-state index contributed by atoms with van der Waals surface area (Å²) in [5.74, 6) is 0.426. The van der Waals surface area contributed by atoms with Gasteiger partial charge in [-0.05, 0) is 39.0 Å². The second-order valence-corrected chi connectivity index (χ2v) is 6.58. The molecule has 0 saturated carbocycles. The predicted octanol–water partition coefficient (Wildman–Crippen LogP) is 3.69. The Kier molecular flexibility index (Phi) is 5.68. The molecule has 1 aliphatic heterocycles. The third-order valence-corrected chi connectivity index (χ3v) is 4.45. The number of hydrogen-bond acceptors (Lipinski definition) is 5. The van der Waals surface area contributed by atoms with Gasteiger partial charge in [-0.1, -0.05) is 30.3 Å². The molecule has 0 aromatic heterocycles. The van der Waals surface area contributed by atoms with Gasteiger partial charge in [0, 0.05) is 11.6 Å². The maximum atomic E-state index is 13.2. The highest BCUT2D eigenvalue weighted by Gasteiger charge is 2.41. The lowest BCUT2D eigenvalue weighted by Gasteiger charge is -2.19. The Bertz CT molecular complexity index is 934. The first-order valence-corrected chi connectivity index (χ1v) is 9.24. The quantitative estimate of drug-likeness (QED) is 0.742. The number of carbonyl (C=O) groups excluding carboxylic acids is 2. The molecule has 1 N–H and O–H groups in total. The van der Waals surface area contributed by atoms with Gasteiger partial charge in [-0.3, -0.25) is 14.5 Å². The smallest absolute Gasteiger partial charge is 0.278 e. The van der Waals surface area contributed by atoms with Gasteiger partial charge in [0.15, 0.2) is 0 Å². The minimum atomic E-state index is -0.368. The molecular weight excluding hydrogens is 356 g/mol. The van der Waals surface area contributed by atoms with E-state index in [1.54, 1.807) is 19.2 Å². The number of imide groups is 1. The Labute approximate surface area is 164 Å². The number of rotatable bonds is 7. The van der Waals surface area contributed by atoms with Crippen LogP contribution in [0.3, 0.4) is 0 Å². The number of carbonyl (C=O) groups is 2. The van der Waals surface area contributed by atoms with Crippen molar-refractivity contribution >= 4 is 23.1 Å². The summed E-state index contributed by atoms with van der Waals surface area (Å²) >= 11 is 0. The third-order valence-electron chi connectivity index (χ3n) is 4.45. The number of hydrogen-bond donors (Lipinski definition) is 1. The van der Waals surface area contributed by atoms with Crippen molar-refractivity contribution in [3.05, 3.63) is 59.8 Å². The fourth-order valence-electron chi connectivity index (χ4n) is 3.22. The summed E-state index contributed by atoms with van der Waals surface area (Å²) in [5, 5.41) is 3.15. The number of anilines is 1. The molecule has 2 aromatic carbocycles. The minimum Gasteiger partial charge on any atom is -0.496 e. The molecule has 0 radical (unpaired) electrons. The molecule has 0 atom stereocenters. The molecule has 3 rings (SSSR count). The Hall–Kier alpha value is -3.28. The summed E-state index contributed by atoms with van der Waals surface area (Å²) in [6.45, 7) is 6.00. The maximum Gasteiger partial charge on any atom is 0.278 e. The van der Waals surface area contributed by atoms with Crippen LogP contribution in [0.1, 0.15) is 26.3 Å². The van der Waals surface area contributed by atoms with E-state index in [1.165, 1.54) is 4.90 Å². The van der Waals surface area contributed by atoms with E-state index in [1.807, 2.05) is 57.2 Å². The molecule has 0 spiro atoms. The van der Waals surface area contributed by atoms with Gasteiger partial charge in [-0.15, -0.1) is 0 Å². The lowest BCUT2D eigenvalue weighted by molar-refractivity contribution is -0.138. The first-order valence-electron chi connectivity index (χ1n) is 9.24. The van der Waals surface area contributed by atoms with E-state index in [2.05, 4.69) is 5.32 Å². The van der Waals surface area contributed by atoms with Crippen molar-refractivity contribution < 1.29 is 19.1 Å². The van der Waals surface area contributed by atoms with Crippen LogP contribution in [0.4, 0.5) is 5.69 Å². The van der Waals surface area contributed by atoms with E-state index < -0.39 is 0 Å². The normalized spacial score (nSPS) is 14.1. The molecule has 1 heterocycles. The van der Waals surface area contributed by atoms with E-state index >= 15 is 0 Å². The van der Waals surface area contributed by atoms with Crippen LogP contribution in [0.5, 0.6) is 11.5 Å². The van der Waals surface area contributed by atoms with Crippen LogP contribution in [-0.4, -0.2) is 36.5 Å². The number of methoxy groups -OCH3 is 1. The molecule has 0 aliphatic carbocycles. The van der Waals surface area contributed by atoms with Crippen LogP contribution in [0.15, 0.2) is 54.2 Å². The van der Waals surface area contributed by atoms with Gasteiger partial charge in [-0.2, -0.15) is 0 Å². The van der Waals surface area contributed by atoms with Gasteiger partial charge < -0.3 is 14.8 Å². The van der Waals surface area contributed by atoms with E-state index in [-0.39, 0.29) is 23.6 Å². The van der Waals surface area contributed by atoms with Gasteiger partial charge in [0.05, 0.1) is 25.0 Å². The fraction of sp³-hybridized carbons (Fsp3) is 0.273. The summed E-state index contributed by atoms with van der Waals surface area (Å²) in [6, 6.07) is 14.2. The second-order valence-electron chi connectivity index (χ2n) is 6.58. The summed E-state index contributed by atoms with van der Waals surface area (Å²) in [7, 11) is 1.54. The number of ether oxygens (including phenoxy) is 2. The van der Waals surface area contributed by atoms with Crippen molar-refractivity contribution in [2.75, 3.05) is 19.0 Å². The maximum absolute atomic E-state index is 13.2. The fourth-order valence-corrected chi connectivity index (χ4v) is 3.22. The highest BCUT2D eigenvalue weighted by molar-refractivity contribution is 6.37. The molecule has 0 bridgehead atoms. The van der Waals surface area contributed by atoms with Crippen molar-refractivity contribution in [2.45, 2.75) is 26.8 Å². The molecule has 6 nitrogen and oxygen atoms in total. The molecule has 0 saturated heterocycles. The molecule has 2 amide bonds. The zero-order valence-corrected chi connectivity index (χ0v) is 16.5. The van der Waals surface area contributed by atoms with Crippen LogP contribution in [0.2, 0.25) is 0 Å². The first-order chi connectivity index (χ1) is 13.5. The van der Waals surface area contributed by atoms with Crippen molar-refractivity contribution in [1.29, 1.82) is 0 Å². The Morgan fingerprint density at radius 3 is 2.25 bits per heavy atom. The average Bonchev–Trinajstić information content (AvgIpc) is 2.93. The van der Waals surface area contributed by atoms with Crippen LogP contribution >= 0.6 is 0 Å². The zero-order chi connectivity index (χ0) is 20.3. The van der Waals surface area contributed by atoms with Crippen molar-refractivity contribution in [3.63, 3.8) is 0 Å². The average molecular weight is 380 g/mol. The summed E-state index contributed by atoms with van der Waals surface area (Å²) in [6.07, 6.45) is 0. The van der Waals surface area contributed by atoms with Gasteiger partial charge in [-0.25, -0.2) is 0 Å².